The quantitative estimate of drug-likeness (QED) is 0.314. The second-order valence-electron chi connectivity index (χ2n) is 19.9. The average molecular weight is 857 g/mol. The van der Waals surface area contributed by atoms with Crippen LogP contribution in [0.15, 0.2) is 30.5 Å². The molecule has 5 aliphatic heterocycles. The number of esters is 1. The number of hydrogen-bond acceptors (Lipinski definition) is 12. The number of carbonyl (C=O) groups is 3. The Labute approximate surface area is 366 Å². The number of anilines is 2. The van der Waals surface area contributed by atoms with Crippen molar-refractivity contribution in [2.24, 2.45) is 5.41 Å². The Bertz CT molecular complexity index is 2130. The highest BCUT2D eigenvalue weighted by molar-refractivity contribution is 5.95. The molecule has 0 saturated carbocycles. The Morgan fingerprint density at radius 3 is 2.61 bits per heavy atom. The molecule has 338 valence electrons. The summed E-state index contributed by atoms with van der Waals surface area (Å²) in [5.41, 5.74) is 9.82. The molecule has 8 rings (SSSR count). The number of hydrazine groups is 1. The number of aryl methyl sites for hydroxylation is 1. The van der Waals surface area contributed by atoms with Crippen LogP contribution < -0.4 is 20.5 Å². The van der Waals surface area contributed by atoms with Crippen molar-refractivity contribution in [2.45, 2.75) is 123 Å². The number of nitrogens with one attached hydrogen (secondary N) is 2. The van der Waals surface area contributed by atoms with Crippen molar-refractivity contribution >= 4 is 40.2 Å². The predicted octanol–water partition coefficient (Wildman–Crippen LogP) is 5.48. The van der Waals surface area contributed by atoms with Gasteiger partial charge >= 0.3 is 12.1 Å². The maximum absolute atomic E-state index is 14.2. The summed E-state index contributed by atoms with van der Waals surface area (Å²) in [4.78, 5) is 53.9. The van der Waals surface area contributed by atoms with Gasteiger partial charge in [0.2, 0.25) is 0 Å². The van der Waals surface area contributed by atoms with Gasteiger partial charge in [-0.25, -0.2) is 10.2 Å². The van der Waals surface area contributed by atoms with Crippen LogP contribution in [0.5, 0.6) is 0 Å². The fourth-order valence-electron chi connectivity index (χ4n) is 9.92. The molecule has 0 aliphatic carbocycles. The third-order valence-electron chi connectivity index (χ3n) is 13.0. The highest BCUT2D eigenvalue weighted by Gasteiger charge is 2.38. The number of cyclic esters (lactones) is 1. The topological polar surface area (TPSA) is 143 Å². The standard InChI is InChI=1S/C47H68N8O7/c1-9-54-40-13-12-31-21-35(40)37(42(54)36-22-32(25-48-41(36)30(2)3)52-16-15-51-17-19-59-28-33(51)26-52)24-47(7,8)29-61-44(57)38-11-10-14-55(50-38)43(56)39(49-45(58)62-46(4,5)6)23-34-27-53(31)18-20-60-34/h12-13,21-22,25,30,33-34,38-39,50H,9-11,14-20,23-24,26-29H2,1-8H3,(H,49,58)/t33-,34-,38-,39-/m0/s1. The first-order valence-corrected chi connectivity index (χ1v) is 22.9. The molecular weight excluding hydrogens is 789 g/mol. The lowest BCUT2D eigenvalue weighted by atomic mass is 9.84. The second kappa shape index (κ2) is 18.0. The van der Waals surface area contributed by atoms with Gasteiger partial charge in [0.25, 0.3) is 5.91 Å². The summed E-state index contributed by atoms with van der Waals surface area (Å²) in [7, 11) is 0. The third kappa shape index (κ3) is 9.56. The molecule has 2 aromatic heterocycles. The number of nitrogens with zero attached hydrogens (tertiary/aromatic N) is 6. The summed E-state index contributed by atoms with van der Waals surface area (Å²) in [6.45, 7) is 24.7. The van der Waals surface area contributed by atoms with E-state index in [4.69, 9.17) is 23.9 Å². The monoisotopic (exact) mass is 857 g/mol. The fourth-order valence-corrected chi connectivity index (χ4v) is 9.92. The van der Waals surface area contributed by atoms with E-state index in [0.29, 0.717) is 51.5 Å². The molecule has 0 radical (unpaired) electrons. The minimum absolute atomic E-state index is 0.176. The van der Waals surface area contributed by atoms with E-state index in [-0.39, 0.29) is 31.0 Å². The molecule has 4 fully saturated rings. The molecule has 7 heterocycles. The van der Waals surface area contributed by atoms with Crippen LogP contribution in [0.4, 0.5) is 16.2 Å². The Hall–Kier alpha value is -4.44. The van der Waals surface area contributed by atoms with Crippen LogP contribution in [0.25, 0.3) is 22.2 Å². The first kappa shape index (κ1) is 44.2. The van der Waals surface area contributed by atoms with Crippen LogP contribution in [0.2, 0.25) is 0 Å². The normalized spacial score (nSPS) is 25.3. The number of aromatic nitrogens is 2. The average Bonchev–Trinajstić information content (AvgIpc) is 3.55. The summed E-state index contributed by atoms with van der Waals surface area (Å²) >= 11 is 0. The van der Waals surface area contributed by atoms with Crippen LogP contribution >= 0.6 is 0 Å². The maximum atomic E-state index is 14.2. The SMILES string of the molecule is CCn1c(-c2cc(N3CCN4CCOC[C@@H]4C3)cnc2C(C)C)c2c3cc(ccc31)N1CCO[C@@H](C[C@H](NC(=O)OC(C)(C)C)C(=O)N3CCC[C@H](N3)C(=O)OCC(C)(C)C2)C1. The second-order valence-corrected chi connectivity index (χ2v) is 19.9. The number of fused-ring (bicyclic) bond motifs is 7. The van der Waals surface area contributed by atoms with Crippen LogP contribution in [0.3, 0.4) is 0 Å². The number of ether oxygens (including phenoxy) is 4. The Kier molecular flexibility index (Phi) is 12.8. The predicted molar refractivity (Wildman–Crippen MR) is 239 cm³/mol. The van der Waals surface area contributed by atoms with Crippen LogP contribution in [0, 0.1) is 5.41 Å². The van der Waals surface area contributed by atoms with Gasteiger partial charge in [-0.2, -0.15) is 0 Å². The highest BCUT2D eigenvalue weighted by Crippen LogP contribution is 2.43. The van der Waals surface area contributed by atoms with Crippen molar-refractivity contribution in [3.8, 4) is 11.3 Å². The number of benzene rings is 1. The van der Waals surface area contributed by atoms with Gasteiger partial charge in [-0.3, -0.25) is 24.5 Å². The Morgan fingerprint density at radius 2 is 1.84 bits per heavy atom. The van der Waals surface area contributed by atoms with E-state index >= 15 is 0 Å². The van der Waals surface area contributed by atoms with E-state index in [1.54, 1.807) is 20.8 Å². The molecule has 4 saturated heterocycles. The van der Waals surface area contributed by atoms with E-state index in [1.807, 2.05) is 0 Å². The molecule has 6 bridgehead atoms. The molecule has 15 nitrogen and oxygen atoms in total. The molecule has 2 amide bonds. The number of piperazine rings is 1. The van der Waals surface area contributed by atoms with E-state index in [2.05, 4.69) is 95.1 Å². The largest absolute Gasteiger partial charge is 0.464 e. The van der Waals surface area contributed by atoms with Gasteiger partial charge in [0, 0.05) is 86.3 Å². The summed E-state index contributed by atoms with van der Waals surface area (Å²) in [5.74, 6) is -0.574. The lowest BCUT2D eigenvalue weighted by Crippen LogP contribution is -2.61. The lowest BCUT2D eigenvalue weighted by molar-refractivity contribution is -0.155. The van der Waals surface area contributed by atoms with Crippen molar-refractivity contribution < 1.29 is 33.3 Å². The molecule has 1 aromatic carbocycles. The molecule has 5 aliphatic rings. The van der Waals surface area contributed by atoms with Crippen LogP contribution in [0.1, 0.15) is 91.8 Å². The van der Waals surface area contributed by atoms with Gasteiger partial charge in [-0.1, -0.05) is 27.7 Å². The minimum atomic E-state index is -0.954. The first-order valence-electron chi connectivity index (χ1n) is 22.9. The zero-order chi connectivity index (χ0) is 43.9. The molecule has 0 spiro atoms. The number of morpholine rings is 2. The summed E-state index contributed by atoms with van der Waals surface area (Å²) in [6.07, 6.45) is 3.01. The van der Waals surface area contributed by atoms with Crippen molar-refractivity contribution in [2.75, 3.05) is 82.0 Å². The van der Waals surface area contributed by atoms with Crippen molar-refractivity contribution in [3.63, 3.8) is 0 Å². The van der Waals surface area contributed by atoms with E-state index in [0.717, 1.165) is 85.2 Å². The van der Waals surface area contributed by atoms with Gasteiger partial charge < -0.3 is 38.6 Å². The van der Waals surface area contributed by atoms with Crippen molar-refractivity contribution in [1.82, 2.24) is 30.2 Å². The van der Waals surface area contributed by atoms with Gasteiger partial charge in [-0.05, 0) is 82.7 Å². The molecule has 15 heteroatoms. The number of amides is 2. The number of rotatable bonds is 5. The smallest absolute Gasteiger partial charge is 0.408 e. The van der Waals surface area contributed by atoms with Gasteiger partial charge in [0.1, 0.15) is 17.7 Å². The zero-order valence-electron chi connectivity index (χ0n) is 38.1. The zero-order valence-corrected chi connectivity index (χ0v) is 38.1. The molecular formula is C47H68N8O7. The minimum Gasteiger partial charge on any atom is -0.464 e. The van der Waals surface area contributed by atoms with Crippen molar-refractivity contribution in [3.05, 3.63) is 41.7 Å². The van der Waals surface area contributed by atoms with E-state index in [9.17, 15) is 14.4 Å². The number of carbonyl (C=O) groups excluding carboxylic acids is 3. The molecule has 3 aromatic rings. The molecule has 4 atom stereocenters. The van der Waals surface area contributed by atoms with Crippen LogP contribution in [-0.4, -0.2) is 140 Å². The summed E-state index contributed by atoms with van der Waals surface area (Å²) in [5, 5.41) is 5.46. The fraction of sp³-hybridized carbons (Fsp3) is 0.660. The van der Waals surface area contributed by atoms with Gasteiger partial charge in [-0.15, -0.1) is 0 Å². The number of hydrogen-bond donors (Lipinski definition) is 2. The summed E-state index contributed by atoms with van der Waals surface area (Å²) < 4.78 is 26.4. The third-order valence-corrected chi connectivity index (χ3v) is 13.0. The maximum Gasteiger partial charge on any atom is 0.408 e. The van der Waals surface area contributed by atoms with Gasteiger partial charge in [0.05, 0.1) is 61.8 Å². The summed E-state index contributed by atoms with van der Waals surface area (Å²) in [6, 6.07) is 7.80. The highest BCUT2D eigenvalue weighted by atomic mass is 16.6. The Balaban J connectivity index is 1.22. The number of pyridine rings is 1. The number of alkyl carbamates (subject to hydrolysis) is 1. The lowest BCUT2D eigenvalue weighted by Gasteiger charge is -2.44. The first-order chi connectivity index (χ1) is 29.6. The van der Waals surface area contributed by atoms with E-state index in [1.165, 1.54) is 10.6 Å². The van der Waals surface area contributed by atoms with E-state index < -0.39 is 35.2 Å². The Morgan fingerprint density at radius 1 is 1.03 bits per heavy atom. The molecule has 0 unspecified atom stereocenters. The molecule has 62 heavy (non-hydrogen) atoms. The van der Waals surface area contributed by atoms with Gasteiger partial charge in [0.15, 0.2) is 0 Å². The van der Waals surface area contributed by atoms with Crippen molar-refractivity contribution in [1.29, 1.82) is 0 Å². The molecule has 2 N–H and O–H groups in total. The van der Waals surface area contributed by atoms with Crippen LogP contribution in [-0.2, 0) is 41.5 Å².